The Morgan fingerprint density at radius 2 is 1.70 bits per heavy atom. The normalized spacial score (nSPS) is 11.1. The second-order valence-corrected chi connectivity index (χ2v) is 7.27. The second-order valence-electron chi connectivity index (χ2n) is 6.83. The molecule has 0 atom stereocenters. The van der Waals surface area contributed by atoms with E-state index in [9.17, 15) is 4.79 Å². The Labute approximate surface area is 176 Å². The van der Waals surface area contributed by atoms with E-state index in [2.05, 4.69) is 15.2 Å². The molecule has 0 amide bonds. The average Bonchev–Trinajstić information content (AvgIpc) is 3.24. The molecule has 0 bridgehead atoms. The third-order valence-electron chi connectivity index (χ3n) is 4.87. The second kappa shape index (κ2) is 7.24. The number of hydrogen-bond donors (Lipinski definition) is 0. The van der Waals surface area contributed by atoms with E-state index in [1.54, 1.807) is 30.3 Å². The van der Waals surface area contributed by atoms with E-state index in [-0.39, 0.29) is 11.4 Å². The van der Waals surface area contributed by atoms with Gasteiger partial charge in [-0.05, 0) is 36.8 Å². The van der Waals surface area contributed by atoms with Crippen molar-refractivity contribution in [3.8, 4) is 28.7 Å². The van der Waals surface area contributed by atoms with Gasteiger partial charge in [0.05, 0.1) is 11.1 Å². The van der Waals surface area contributed by atoms with Crippen molar-refractivity contribution in [3.63, 3.8) is 0 Å². The summed E-state index contributed by atoms with van der Waals surface area (Å²) in [4.78, 5) is 17.6. The largest absolute Gasteiger partial charge is 0.332 e. The maximum Gasteiger partial charge on any atom is 0.279 e. The van der Waals surface area contributed by atoms with Gasteiger partial charge >= 0.3 is 0 Å². The van der Waals surface area contributed by atoms with E-state index < -0.39 is 0 Å². The van der Waals surface area contributed by atoms with E-state index in [1.807, 2.05) is 49.4 Å². The fourth-order valence-electron chi connectivity index (χ4n) is 3.38. The van der Waals surface area contributed by atoms with Gasteiger partial charge in [-0.25, -0.2) is 0 Å². The molecule has 2 aromatic heterocycles. The van der Waals surface area contributed by atoms with Crippen LogP contribution in [0.3, 0.4) is 0 Å². The number of rotatable bonds is 3. The number of benzene rings is 3. The molecule has 30 heavy (non-hydrogen) atoms. The lowest BCUT2D eigenvalue weighted by Crippen LogP contribution is -2.22. The van der Waals surface area contributed by atoms with Gasteiger partial charge in [-0.1, -0.05) is 65.3 Å². The van der Waals surface area contributed by atoms with Crippen molar-refractivity contribution in [3.05, 3.63) is 93.7 Å². The molecule has 0 N–H and O–H groups in total. The molecule has 0 spiro atoms. The lowest BCUT2D eigenvalue weighted by molar-refractivity contribution is 0.430. The van der Waals surface area contributed by atoms with Gasteiger partial charge in [0.25, 0.3) is 11.4 Å². The monoisotopic (exact) mass is 414 g/mol. The van der Waals surface area contributed by atoms with Gasteiger partial charge in [0, 0.05) is 16.0 Å². The van der Waals surface area contributed by atoms with Crippen molar-refractivity contribution in [2.24, 2.45) is 0 Å². The number of aromatic nitrogens is 4. The molecule has 0 aliphatic carbocycles. The van der Waals surface area contributed by atoms with E-state index in [1.165, 1.54) is 4.68 Å². The molecule has 0 aliphatic rings. The molecule has 0 aliphatic heterocycles. The van der Waals surface area contributed by atoms with Gasteiger partial charge in [-0.2, -0.15) is 14.8 Å². The van der Waals surface area contributed by atoms with Crippen LogP contribution in [0.15, 0.2) is 82.1 Å². The topological polar surface area (TPSA) is 73.8 Å². The average molecular weight is 415 g/mol. The molecule has 5 rings (SSSR count). The van der Waals surface area contributed by atoms with Crippen molar-refractivity contribution in [1.29, 1.82) is 0 Å². The SMILES string of the molecule is Cc1ccccc1-c1noc(-c2nn(-c3cccc(Cl)c3)c(=O)c3ccccc23)n1. The number of aryl methyl sites for hydroxylation is 1. The lowest BCUT2D eigenvalue weighted by Gasteiger charge is -2.09. The molecule has 0 fully saturated rings. The van der Waals surface area contributed by atoms with Crippen LogP contribution >= 0.6 is 11.6 Å². The predicted molar refractivity (Wildman–Crippen MR) is 116 cm³/mol. The Hall–Kier alpha value is -3.77. The molecule has 0 unspecified atom stereocenters. The maximum atomic E-state index is 13.1. The highest BCUT2D eigenvalue weighted by atomic mass is 35.5. The first-order valence-electron chi connectivity index (χ1n) is 9.30. The molecule has 5 aromatic rings. The van der Waals surface area contributed by atoms with Gasteiger partial charge in [0.1, 0.15) is 0 Å². The molecule has 0 saturated carbocycles. The lowest BCUT2D eigenvalue weighted by atomic mass is 10.1. The minimum atomic E-state index is -0.254. The summed E-state index contributed by atoms with van der Waals surface area (Å²) in [5, 5.41) is 10.3. The van der Waals surface area contributed by atoms with Gasteiger partial charge in [-0.3, -0.25) is 4.79 Å². The van der Waals surface area contributed by atoms with Crippen LogP contribution in [0.1, 0.15) is 5.56 Å². The third-order valence-corrected chi connectivity index (χ3v) is 5.11. The summed E-state index contributed by atoms with van der Waals surface area (Å²) in [5.41, 5.74) is 2.64. The van der Waals surface area contributed by atoms with Crippen LogP contribution in [0.2, 0.25) is 5.02 Å². The summed E-state index contributed by atoms with van der Waals surface area (Å²) in [5.74, 6) is 0.703. The van der Waals surface area contributed by atoms with E-state index in [0.29, 0.717) is 33.0 Å². The number of nitrogens with zero attached hydrogens (tertiary/aromatic N) is 4. The van der Waals surface area contributed by atoms with Crippen LogP contribution in [0, 0.1) is 6.92 Å². The van der Waals surface area contributed by atoms with Crippen molar-refractivity contribution in [1.82, 2.24) is 19.9 Å². The highest BCUT2D eigenvalue weighted by Crippen LogP contribution is 2.27. The van der Waals surface area contributed by atoms with E-state index in [4.69, 9.17) is 16.1 Å². The number of halogens is 1. The summed E-state index contributed by atoms with van der Waals surface area (Å²) in [6.07, 6.45) is 0. The van der Waals surface area contributed by atoms with Crippen molar-refractivity contribution < 1.29 is 4.52 Å². The van der Waals surface area contributed by atoms with Crippen molar-refractivity contribution in [2.75, 3.05) is 0 Å². The summed E-state index contributed by atoms with van der Waals surface area (Å²) >= 11 is 6.12. The van der Waals surface area contributed by atoms with Gasteiger partial charge in [0.15, 0.2) is 5.69 Å². The predicted octanol–water partition coefficient (Wildman–Crippen LogP) is 5.06. The van der Waals surface area contributed by atoms with Crippen molar-refractivity contribution in [2.45, 2.75) is 6.92 Å². The van der Waals surface area contributed by atoms with Gasteiger partial charge in [0.2, 0.25) is 5.82 Å². The van der Waals surface area contributed by atoms with Crippen LogP contribution in [0.4, 0.5) is 0 Å². The molecule has 6 nitrogen and oxygen atoms in total. The fourth-order valence-corrected chi connectivity index (χ4v) is 3.57. The Kier molecular flexibility index (Phi) is 4.41. The Morgan fingerprint density at radius 3 is 2.50 bits per heavy atom. The molecule has 0 saturated heterocycles. The van der Waals surface area contributed by atoms with Crippen LogP contribution in [0.5, 0.6) is 0 Å². The van der Waals surface area contributed by atoms with Crippen LogP contribution in [0.25, 0.3) is 39.4 Å². The number of hydrogen-bond acceptors (Lipinski definition) is 5. The first-order chi connectivity index (χ1) is 14.6. The smallest absolute Gasteiger partial charge is 0.279 e. The van der Waals surface area contributed by atoms with Crippen LogP contribution in [-0.4, -0.2) is 19.9 Å². The van der Waals surface area contributed by atoms with Gasteiger partial charge < -0.3 is 4.52 Å². The highest BCUT2D eigenvalue weighted by Gasteiger charge is 2.19. The summed E-state index contributed by atoms with van der Waals surface area (Å²) < 4.78 is 6.86. The van der Waals surface area contributed by atoms with Crippen molar-refractivity contribution >= 4 is 22.4 Å². The molecule has 7 heteroatoms. The number of fused-ring (bicyclic) bond motifs is 1. The minimum absolute atomic E-state index is 0.236. The van der Waals surface area contributed by atoms with Crippen LogP contribution in [-0.2, 0) is 0 Å². The minimum Gasteiger partial charge on any atom is -0.332 e. The summed E-state index contributed by atoms with van der Waals surface area (Å²) in [6, 6.07) is 22.0. The maximum absolute atomic E-state index is 13.1. The molecule has 0 radical (unpaired) electrons. The first-order valence-corrected chi connectivity index (χ1v) is 9.68. The quantitative estimate of drug-likeness (QED) is 0.412. The standard InChI is InChI=1S/C23H15ClN4O2/c1-14-7-2-3-10-17(14)21-25-22(30-27-21)20-18-11-4-5-12-19(18)23(29)28(26-20)16-9-6-8-15(24)13-16/h2-13H,1H3. The fraction of sp³-hybridized carbons (Fsp3) is 0.0435. The zero-order chi connectivity index (χ0) is 20.7. The third kappa shape index (κ3) is 3.07. The highest BCUT2D eigenvalue weighted by molar-refractivity contribution is 6.30. The van der Waals surface area contributed by atoms with E-state index in [0.717, 1.165) is 11.1 Å². The van der Waals surface area contributed by atoms with Gasteiger partial charge in [-0.15, -0.1) is 0 Å². The van der Waals surface area contributed by atoms with E-state index >= 15 is 0 Å². The first kappa shape index (κ1) is 18.3. The molecule has 146 valence electrons. The molecular weight excluding hydrogens is 400 g/mol. The van der Waals surface area contributed by atoms with Crippen LogP contribution < -0.4 is 5.56 Å². The molecular formula is C23H15ClN4O2. The Morgan fingerprint density at radius 1 is 0.933 bits per heavy atom. The zero-order valence-electron chi connectivity index (χ0n) is 15.9. The summed E-state index contributed by atoms with van der Waals surface area (Å²) in [7, 11) is 0. The summed E-state index contributed by atoms with van der Waals surface area (Å²) in [6.45, 7) is 1.98. The zero-order valence-corrected chi connectivity index (χ0v) is 16.7. The molecule has 3 aromatic carbocycles. The molecule has 2 heterocycles. The Bertz CT molecular complexity index is 1460. The Balaban J connectivity index is 1.75.